The highest BCUT2D eigenvalue weighted by Gasteiger charge is 2.04. The predicted octanol–water partition coefficient (Wildman–Crippen LogP) is -2.14. The van der Waals surface area contributed by atoms with Crippen molar-refractivity contribution in [1.29, 1.82) is 0 Å². The van der Waals surface area contributed by atoms with E-state index in [9.17, 15) is 0 Å². The molecule has 2 nitrogen and oxygen atoms in total. The van der Waals surface area contributed by atoms with Crippen LogP contribution < -0.4 is 12.4 Å². The van der Waals surface area contributed by atoms with E-state index >= 15 is 0 Å². The smallest absolute Gasteiger partial charge is 0.136 e. The molecule has 0 bridgehead atoms. The molecule has 0 atom stereocenters. The Kier molecular flexibility index (Phi) is 6.94. The van der Waals surface area contributed by atoms with Crippen LogP contribution in [0.15, 0.2) is 12.8 Å². The minimum absolute atomic E-state index is 0. The van der Waals surface area contributed by atoms with Crippen LogP contribution in [-0.4, -0.2) is 38.8 Å². The molecule has 62 valence electrons. The number of nitrogens with zero attached hydrogens (tertiary/aromatic N) is 1. The molecule has 0 fully saturated rings. The van der Waals surface area contributed by atoms with Gasteiger partial charge >= 0.3 is 0 Å². The van der Waals surface area contributed by atoms with E-state index in [4.69, 9.17) is 4.74 Å². The van der Waals surface area contributed by atoms with E-state index < -0.39 is 0 Å². The molecule has 0 aliphatic carbocycles. The van der Waals surface area contributed by atoms with E-state index in [0.29, 0.717) is 0 Å². The Morgan fingerprint density at radius 2 is 1.90 bits per heavy atom. The van der Waals surface area contributed by atoms with Gasteiger partial charge in [0.05, 0.1) is 27.4 Å². The minimum atomic E-state index is 0. The Morgan fingerprint density at radius 1 is 1.40 bits per heavy atom. The van der Waals surface area contributed by atoms with Crippen molar-refractivity contribution < 1.29 is 21.6 Å². The number of quaternary nitrogens is 1. The van der Waals surface area contributed by atoms with Gasteiger partial charge in [0, 0.05) is 0 Å². The summed E-state index contributed by atoms with van der Waals surface area (Å²) < 4.78 is 5.90. The van der Waals surface area contributed by atoms with Crippen LogP contribution in [0, 0.1) is 0 Å². The van der Waals surface area contributed by atoms with Crippen molar-refractivity contribution in [3.05, 3.63) is 12.8 Å². The topological polar surface area (TPSA) is 9.23 Å². The summed E-state index contributed by atoms with van der Waals surface area (Å²) in [6.07, 6.45) is 1.48. The number of rotatable bonds is 4. The minimum Gasteiger partial charge on any atom is -1.00 e. The quantitative estimate of drug-likeness (QED) is 0.263. The third-order valence-corrected chi connectivity index (χ3v) is 0.998. The zero-order valence-corrected chi connectivity index (χ0v) is 7.69. The average molecular weight is 166 g/mol. The maximum absolute atomic E-state index is 4.96. The van der Waals surface area contributed by atoms with Gasteiger partial charge in [-0.1, -0.05) is 6.58 Å². The number of likely N-dealkylation sites (N-methyl/N-ethyl adjacent to an activating group) is 1. The van der Waals surface area contributed by atoms with Crippen molar-refractivity contribution in [3.63, 3.8) is 0 Å². The van der Waals surface area contributed by atoms with E-state index in [2.05, 4.69) is 27.7 Å². The largest absolute Gasteiger partial charge is 1.00 e. The summed E-state index contributed by atoms with van der Waals surface area (Å²) in [6.45, 7) is 5.23. The number of hydrogen-bond acceptors (Lipinski definition) is 1. The second kappa shape index (κ2) is 5.57. The van der Waals surface area contributed by atoms with Crippen LogP contribution in [-0.2, 0) is 4.74 Å². The van der Waals surface area contributed by atoms with Gasteiger partial charge in [0.2, 0.25) is 0 Å². The molecule has 0 amide bonds. The Bertz CT molecular complexity index is 88.1. The fourth-order valence-electron chi connectivity index (χ4n) is 0.410. The van der Waals surface area contributed by atoms with E-state index in [0.717, 1.165) is 17.6 Å². The highest BCUT2D eigenvalue weighted by molar-refractivity contribution is 4.47. The van der Waals surface area contributed by atoms with Gasteiger partial charge in [-0.3, -0.25) is 0 Å². The lowest BCUT2D eigenvalue weighted by Crippen LogP contribution is -3.00. The van der Waals surface area contributed by atoms with Crippen molar-refractivity contribution in [2.45, 2.75) is 0 Å². The van der Waals surface area contributed by atoms with E-state index in [1.807, 2.05) is 0 Å². The Morgan fingerprint density at radius 3 is 2.20 bits per heavy atom. The lowest BCUT2D eigenvalue weighted by atomic mass is 10.5. The predicted molar refractivity (Wildman–Crippen MR) is 39.0 cm³/mol. The van der Waals surface area contributed by atoms with Gasteiger partial charge in [-0.05, 0) is 0 Å². The number of halogens is 1. The van der Waals surface area contributed by atoms with Crippen molar-refractivity contribution >= 4 is 0 Å². The van der Waals surface area contributed by atoms with E-state index in [-0.39, 0.29) is 12.4 Å². The molecule has 0 aromatic heterocycles. The molecular formula is C7H16ClNO. The first kappa shape index (κ1) is 12.5. The molecule has 0 heterocycles. The zero-order valence-electron chi connectivity index (χ0n) is 6.93. The molecule has 0 aliphatic rings. The Labute approximate surface area is 69.5 Å². The first-order valence-electron chi connectivity index (χ1n) is 3.09. The van der Waals surface area contributed by atoms with Gasteiger partial charge < -0.3 is 21.6 Å². The van der Waals surface area contributed by atoms with Crippen LogP contribution in [0.3, 0.4) is 0 Å². The maximum Gasteiger partial charge on any atom is 0.136 e. The molecule has 10 heavy (non-hydrogen) atoms. The average Bonchev–Trinajstić information content (AvgIpc) is 1.63. The van der Waals surface area contributed by atoms with Crippen LogP contribution in [0.2, 0.25) is 0 Å². The van der Waals surface area contributed by atoms with Crippen molar-refractivity contribution in [3.8, 4) is 0 Å². The summed E-state index contributed by atoms with van der Waals surface area (Å²) in [4.78, 5) is 0. The van der Waals surface area contributed by atoms with Gasteiger partial charge in [0.25, 0.3) is 0 Å². The molecule has 0 saturated carbocycles. The van der Waals surface area contributed by atoms with Crippen LogP contribution in [0.4, 0.5) is 0 Å². The molecule has 0 aromatic carbocycles. The second-order valence-electron chi connectivity index (χ2n) is 3.05. The Balaban J connectivity index is 0. The van der Waals surface area contributed by atoms with Gasteiger partial charge in [-0.25, -0.2) is 0 Å². The standard InChI is InChI=1S/C7H16NO.ClH/c1-5-9-7-6-8(2,3)4;/h5H,1,6-7H2,2-4H3;1H/q+1;/p-1. The molecule has 0 saturated heterocycles. The SMILES string of the molecule is C=COCC[N+](C)(C)C.[Cl-]. The van der Waals surface area contributed by atoms with Gasteiger partial charge in [-0.2, -0.15) is 0 Å². The fourth-order valence-corrected chi connectivity index (χ4v) is 0.410. The molecule has 0 spiro atoms. The molecule has 3 heteroatoms. The summed E-state index contributed by atoms with van der Waals surface area (Å²) in [7, 11) is 6.39. The summed E-state index contributed by atoms with van der Waals surface area (Å²) in [6, 6.07) is 0. The lowest BCUT2D eigenvalue weighted by molar-refractivity contribution is -0.870. The zero-order chi connectivity index (χ0) is 7.33. The van der Waals surface area contributed by atoms with Crippen LogP contribution in [0.1, 0.15) is 0 Å². The van der Waals surface area contributed by atoms with Gasteiger partial charge in [0.15, 0.2) is 0 Å². The summed E-state index contributed by atoms with van der Waals surface area (Å²) in [5.41, 5.74) is 0. The summed E-state index contributed by atoms with van der Waals surface area (Å²) in [5.74, 6) is 0. The van der Waals surface area contributed by atoms with E-state index in [1.54, 1.807) is 0 Å². The van der Waals surface area contributed by atoms with Crippen molar-refractivity contribution in [1.82, 2.24) is 0 Å². The first-order chi connectivity index (χ1) is 4.06. The van der Waals surface area contributed by atoms with E-state index in [1.165, 1.54) is 6.26 Å². The van der Waals surface area contributed by atoms with Crippen molar-refractivity contribution in [2.24, 2.45) is 0 Å². The normalized spacial score (nSPS) is 9.90. The van der Waals surface area contributed by atoms with Gasteiger partial charge in [-0.15, -0.1) is 0 Å². The number of ether oxygens (including phenoxy) is 1. The third kappa shape index (κ3) is 10.7. The van der Waals surface area contributed by atoms with Crippen molar-refractivity contribution in [2.75, 3.05) is 34.3 Å². The fraction of sp³-hybridized carbons (Fsp3) is 0.714. The molecule has 0 unspecified atom stereocenters. The van der Waals surface area contributed by atoms with Gasteiger partial charge in [0.1, 0.15) is 13.2 Å². The third-order valence-electron chi connectivity index (χ3n) is 0.998. The molecule has 0 N–H and O–H groups in total. The number of hydrogen-bond donors (Lipinski definition) is 0. The maximum atomic E-state index is 4.96. The Hall–Kier alpha value is -0.210. The second-order valence-corrected chi connectivity index (χ2v) is 3.05. The van der Waals surface area contributed by atoms with Crippen LogP contribution in [0.25, 0.3) is 0 Å². The molecule has 0 aliphatic heterocycles. The first-order valence-corrected chi connectivity index (χ1v) is 3.09. The highest BCUT2D eigenvalue weighted by Crippen LogP contribution is 1.88. The highest BCUT2D eigenvalue weighted by atomic mass is 35.5. The molecule has 0 aromatic rings. The van der Waals surface area contributed by atoms with Crippen LogP contribution in [0.5, 0.6) is 0 Å². The summed E-state index contributed by atoms with van der Waals surface area (Å²) in [5, 5.41) is 0. The summed E-state index contributed by atoms with van der Waals surface area (Å²) >= 11 is 0. The lowest BCUT2D eigenvalue weighted by Gasteiger charge is -2.22. The molecule has 0 radical (unpaired) electrons. The molecule has 0 rings (SSSR count). The molecular weight excluding hydrogens is 150 g/mol. The van der Waals surface area contributed by atoms with Crippen LogP contribution >= 0.6 is 0 Å². The monoisotopic (exact) mass is 165 g/mol.